The first-order valence-electron chi connectivity index (χ1n) is 6.26. The maximum atomic E-state index is 5.40. The van der Waals surface area contributed by atoms with Gasteiger partial charge in [0.25, 0.3) is 0 Å². The standard InChI is InChI=1S/C14H24N2O/c1-5-15-10-12-7-8-14(17-4)13(9-12)11-16(3)6-2/h7-9,15H,5-6,10-11H2,1-4H3. The molecule has 0 heterocycles. The van der Waals surface area contributed by atoms with E-state index in [1.165, 1.54) is 11.1 Å². The number of nitrogens with zero attached hydrogens (tertiary/aromatic N) is 1. The molecule has 0 fully saturated rings. The van der Waals surface area contributed by atoms with Crippen LogP contribution in [0.3, 0.4) is 0 Å². The average molecular weight is 236 g/mol. The van der Waals surface area contributed by atoms with Crippen LogP contribution in [-0.4, -0.2) is 32.1 Å². The van der Waals surface area contributed by atoms with Gasteiger partial charge in [0.15, 0.2) is 0 Å². The summed E-state index contributed by atoms with van der Waals surface area (Å²) in [5.41, 5.74) is 2.57. The van der Waals surface area contributed by atoms with Crippen molar-refractivity contribution in [3.05, 3.63) is 29.3 Å². The molecule has 3 heteroatoms. The maximum absolute atomic E-state index is 5.40. The SMILES string of the molecule is CCNCc1ccc(OC)c(CN(C)CC)c1. The smallest absolute Gasteiger partial charge is 0.123 e. The molecule has 17 heavy (non-hydrogen) atoms. The summed E-state index contributed by atoms with van der Waals surface area (Å²) < 4.78 is 5.40. The predicted molar refractivity (Wildman–Crippen MR) is 72.4 cm³/mol. The minimum absolute atomic E-state index is 0.920. The van der Waals surface area contributed by atoms with E-state index in [1.54, 1.807) is 7.11 Å². The molecule has 0 aliphatic heterocycles. The van der Waals surface area contributed by atoms with Crippen molar-refractivity contribution in [2.45, 2.75) is 26.9 Å². The Morgan fingerprint density at radius 3 is 2.65 bits per heavy atom. The lowest BCUT2D eigenvalue weighted by molar-refractivity contribution is 0.333. The van der Waals surface area contributed by atoms with E-state index in [1.807, 2.05) is 0 Å². The Bertz CT molecular complexity index is 339. The molecule has 0 aliphatic rings. The molecule has 1 N–H and O–H groups in total. The summed E-state index contributed by atoms with van der Waals surface area (Å²) in [4.78, 5) is 2.27. The topological polar surface area (TPSA) is 24.5 Å². The second-order valence-corrected chi connectivity index (χ2v) is 4.26. The molecule has 0 aliphatic carbocycles. The molecule has 0 unspecified atom stereocenters. The number of rotatable bonds is 7. The summed E-state index contributed by atoms with van der Waals surface area (Å²) in [7, 11) is 3.85. The molecule has 96 valence electrons. The first-order valence-corrected chi connectivity index (χ1v) is 6.26. The highest BCUT2D eigenvalue weighted by Gasteiger charge is 2.06. The fourth-order valence-corrected chi connectivity index (χ4v) is 1.74. The van der Waals surface area contributed by atoms with Crippen LogP contribution < -0.4 is 10.1 Å². The molecule has 3 nitrogen and oxygen atoms in total. The lowest BCUT2D eigenvalue weighted by Crippen LogP contribution is -2.18. The van der Waals surface area contributed by atoms with E-state index in [-0.39, 0.29) is 0 Å². The molecule has 0 spiro atoms. The zero-order chi connectivity index (χ0) is 12.7. The van der Waals surface area contributed by atoms with Crippen LogP contribution in [0.25, 0.3) is 0 Å². The van der Waals surface area contributed by atoms with E-state index < -0.39 is 0 Å². The van der Waals surface area contributed by atoms with Gasteiger partial charge in [-0.1, -0.05) is 19.9 Å². The van der Waals surface area contributed by atoms with E-state index in [2.05, 4.69) is 49.3 Å². The molecular weight excluding hydrogens is 212 g/mol. The Labute approximate surface area is 105 Å². The van der Waals surface area contributed by atoms with Crippen molar-refractivity contribution in [3.8, 4) is 5.75 Å². The summed E-state index contributed by atoms with van der Waals surface area (Å²) in [5.74, 6) is 0.977. The molecule has 0 saturated heterocycles. The highest BCUT2D eigenvalue weighted by molar-refractivity contribution is 5.37. The Balaban J connectivity index is 2.82. The summed E-state index contributed by atoms with van der Waals surface area (Å²) >= 11 is 0. The van der Waals surface area contributed by atoms with Crippen LogP contribution >= 0.6 is 0 Å². The lowest BCUT2D eigenvalue weighted by atomic mass is 10.1. The van der Waals surface area contributed by atoms with E-state index >= 15 is 0 Å². The van der Waals surface area contributed by atoms with E-state index in [0.29, 0.717) is 0 Å². The third-order valence-electron chi connectivity index (χ3n) is 2.90. The second kappa shape index (κ2) is 7.30. The molecule has 0 aromatic heterocycles. The van der Waals surface area contributed by atoms with Gasteiger partial charge in [-0.05, 0) is 37.8 Å². The zero-order valence-corrected chi connectivity index (χ0v) is 11.4. The van der Waals surface area contributed by atoms with E-state index in [0.717, 1.165) is 31.9 Å². The predicted octanol–water partition coefficient (Wildman–Crippen LogP) is 2.26. The monoisotopic (exact) mass is 236 g/mol. The van der Waals surface area contributed by atoms with Gasteiger partial charge >= 0.3 is 0 Å². The van der Waals surface area contributed by atoms with Crippen molar-refractivity contribution in [1.29, 1.82) is 0 Å². The number of hydrogen-bond donors (Lipinski definition) is 1. The second-order valence-electron chi connectivity index (χ2n) is 4.26. The lowest BCUT2D eigenvalue weighted by Gasteiger charge is -2.17. The molecular formula is C14H24N2O. The van der Waals surface area contributed by atoms with Crippen molar-refractivity contribution < 1.29 is 4.74 Å². The van der Waals surface area contributed by atoms with Gasteiger partial charge in [-0.25, -0.2) is 0 Å². The largest absolute Gasteiger partial charge is 0.496 e. The maximum Gasteiger partial charge on any atom is 0.123 e. The van der Waals surface area contributed by atoms with Crippen molar-refractivity contribution in [2.24, 2.45) is 0 Å². The normalized spacial score (nSPS) is 10.9. The van der Waals surface area contributed by atoms with Gasteiger partial charge in [0.1, 0.15) is 5.75 Å². The van der Waals surface area contributed by atoms with Gasteiger partial charge in [-0.2, -0.15) is 0 Å². The Hall–Kier alpha value is -1.06. The number of benzene rings is 1. The number of nitrogens with one attached hydrogen (secondary N) is 1. The van der Waals surface area contributed by atoms with Gasteiger partial charge < -0.3 is 15.0 Å². The molecule has 1 aromatic carbocycles. The third kappa shape index (κ3) is 4.36. The fraction of sp³-hybridized carbons (Fsp3) is 0.571. The van der Waals surface area contributed by atoms with Crippen molar-refractivity contribution in [1.82, 2.24) is 10.2 Å². The molecule has 0 bridgehead atoms. The van der Waals surface area contributed by atoms with Crippen LogP contribution in [0.4, 0.5) is 0 Å². The summed E-state index contributed by atoms with van der Waals surface area (Å²) in [5, 5.41) is 3.34. The first kappa shape index (κ1) is 14.0. The van der Waals surface area contributed by atoms with Crippen molar-refractivity contribution in [3.63, 3.8) is 0 Å². The molecule has 0 amide bonds. The summed E-state index contributed by atoms with van der Waals surface area (Å²) in [6.07, 6.45) is 0. The molecule has 1 rings (SSSR count). The Kier molecular flexibility index (Phi) is 6.01. The third-order valence-corrected chi connectivity index (χ3v) is 2.90. The quantitative estimate of drug-likeness (QED) is 0.786. The Morgan fingerprint density at radius 1 is 1.29 bits per heavy atom. The van der Waals surface area contributed by atoms with Crippen LogP contribution in [0.5, 0.6) is 5.75 Å². The molecule has 1 aromatic rings. The minimum Gasteiger partial charge on any atom is -0.496 e. The van der Waals surface area contributed by atoms with Gasteiger partial charge in [0.05, 0.1) is 7.11 Å². The van der Waals surface area contributed by atoms with Crippen LogP contribution in [-0.2, 0) is 13.1 Å². The first-order chi connectivity index (χ1) is 8.21. The van der Waals surface area contributed by atoms with Crippen LogP contribution in [0, 0.1) is 0 Å². The van der Waals surface area contributed by atoms with Gasteiger partial charge in [-0.15, -0.1) is 0 Å². The van der Waals surface area contributed by atoms with E-state index in [4.69, 9.17) is 4.74 Å². The van der Waals surface area contributed by atoms with Crippen molar-refractivity contribution >= 4 is 0 Å². The Morgan fingerprint density at radius 2 is 2.06 bits per heavy atom. The van der Waals surface area contributed by atoms with Crippen LogP contribution in [0.1, 0.15) is 25.0 Å². The molecule has 0 atom stereocenters. The fourth-order valence-electron chi connectivity index (χ4n) is 1.74. The van der Waals surface area contributed by atoms with Gasteiger partial charge in [-0.3, -0.25) is 0 Å². The van der Waals surface area contributed by atoms with Crippen molar-refractivity contribution in [2.75, 3.05) is 27.2 Å². The minimum atomic E-state index is 0.920. The van der Waals surface area contributed by atoms with E-state index in [9.17, 15) is 0 Å². The van der Waals surface area contributed by atoms with Gasteiger partial charge in [0.2, 0.25) is 0 Å². The summed E-state index contributed by atoms with van der Waals surface area (Å²) in [6, 6.07) is 6.41. The summed E-state index contributed by atoms with van der Waals surface area (Å²) in [6.45, 7) is 8.17. The van der Waals surface area contributed by atoms with Gasteiger partial charge in [0, 0.05) is 18.7 Å². The highest BCUT2D eigenvalue weighted by atomic mass is 16.5. The van der Waals surface area contributed by atoms with Crippen LogP contribution in [0.2, 0.25) is 0 Å². The zero-order valence-electron chi connectivity index (χ0n) is 11.4. The number of methoxy groups -OCH3 is 1. The number of ether oxygens (including phenoxy) is 1. The van der Waals surface area contributed by atoms with Crippen LogP contribution in [0.15, 0.2) is 18.2 Å². The molecule has 0 saturated carbocycles. The highest BCUT2D eigenvalue weighted by Crippen LogP contribution is 2.21. The molecule has 0 radical (unpaired) electrons. The average Bonchev–Trinajstić information content (AvgIpc) is 2.36. The number of hydrogen-bond acceptors (Lipinski definition) is 3.